The van der Waals surface area contributed by atoms with Gasteiger partial charge < -0.3 is 29.4 Å². The lowest BCUT2D eigenvalue weighted by atomic mass is 10.2. The first-order valence-electron chi connectivity index (χ1n) is 9.95. The van der Waals surface area contributed by atoms with Gasteiger partial charge in [-0.05, 0) is 30.8 Å². The Kier molecular flexibility index (Phi) is 10.3. The Hall–Kier alpha value is -1.81. The van der Waals surface area contributed by atoms with Gasteiger partial charge in [0.05, 0.1) is 7.11 Å². The molecule has 162 valence electrons. The van der Waals surface area contributed by atoms with Gasteiger partial charge in [0, 0.05) is 32.4 Å². The van der Waals surface area contributed by atoms with Crippen LogP contribution < -0.4 is 14.8 Å². The minimum atomic E-state index is -0.535. The summed E-state index contributed by atoms with van der Waals surface area (Å²) in [5.74, 6) is 2.23. The van der Waals surface area contributed by atoms with E-state index in [1.807, 2.05) is 29.8 Å². The minimum Gasteiger partial charge on any atom is -0.493 e. The number of hydrogen-bond donors (Lipinski definition) is 2. The summed E-state index contributed by atoms with van der Waals surface area (Å²) in [6, 6.07) is 5.88. The molecule has 2 rings (SSSR count). The van der Waals surface area contributed by atoms with Crippen molar-refractivity contribution in [3.63, 3.8) is 0 Å². The third-order valence-corrected chi connectivity index (χ3v) is 5.57. The third kappa shape index (κ3) is 7.85. The molecule has 1 heterocycles. The van der Waals surface area contributed by atoms with Crippen molar-refractivity contribution in [1.82, 2.24) is 25.0 Å². The molecule has 9 heteroatoms. The second-order valence-electron chi connectivity index (χ2n) is 6.69. The largest absolute Gasteiger partial charge is 0.493 e. The van der Waals surface area contributed by atoms with Crippen LogP contribution in [0, 0.1) is 0 Å². The van der Waals surface area contributed by atoms with Gasteiger partial charge in [0.2, 0.25) is 0 Å². The van der Waals surface area contributed by atoms with Crippen LogP contribution in [-0.2, 0) is 13.6 Å². The standard InChI is InChI=1S/C20H33N5O3S/c1-5-25(6-2)13-17(26)14-28-18-8-7-16(11-19(18)27-4)12-21-9-10-29-20-23-22-15-24(20)3/h7-8,11,15,17,21,26H,5-6,9-10,12-14H2,1-4H3. The van der Waals surface area contributed by atoms with Crippen molar-refractivity contribution in [2.45, 2.75) is 31.7 Å². The predicted octanol–water partition coefficient (Wildman–Crippen LogP) is 1.79. The van der Waals surface area contributed by atoms with E-state index in [4.69, 9.17) is 9.47 Å². The summed E-state index contributed by atoms with van der Waals surface area (Å²) < 4.78 is 13.2. The molecule has 0 saturated heterocycles. The number of rotatable bonds is 14. The Morgan fingerprint density at radius 3 is 2.72 bits per heavy atom. The number of aliphatic hydroxyl groups excluding tert-OH is 1. The molecular weight excluding hydrogens is 390 g/mol. The molecule has 0 fully saturated rings. The molecular formula is C20H33N5O3S. The maximum Gasteiger partial charge on any atom is 0.190 e. The topological polar surface area (TPSA) is 84.7 Å². The number of likely N-dealkylation sites (N-methyl/N-ethyl adjacent to an activating group) is 1. The molecule has 0 bridgehead atoms. The quantitative estimate of drug-likeness (QED) is 0.351. The van der Waals surface area contributed by atoms with E-state index >= 15 is 0 Å². The number of aromatic nitrogens is 3. The van der Waals surface area contributed by atoms with Crippen molar-refractivity contribution in [2.24, 2.45) is 7.05 Å². The number of hydrogen-bond acceptors (Lipinski definition) is 8. The molecule has 1 aromatic heterocycles. The van der Waals surface area contributed by atoms with Crippen molar-refractivity contribution in [3.05, 3.63) is 30.1 Å². The zero-order valence-electron chi connectivity index (χ0n) is 17.8. The number of aryl methyl sites for hydroxylation is 1. The highest BCUT2D eigenvalue weighted by molar-refractivity contribution is 7.99. The fourth-order valence-electron chi connectivity index (χ4n) is 2.81. The van der Waals surface area contributed by atoms with Crippen LogP contribution in [0.25, 0.3) is 0 Å². The molecule has 8 nitrogen and oxygen atoms in total. The molecule has 0 saturated carbocycles. The van der Waals surface area contributed by atoms with Crippen molar-refractivity contribution >= 4 is 11.8 Å². The fraction of sp³-hybridized carbons (Fsp3) is 0.600. The summed E-state index contributed by atoms with van der Waals surface area (Å²) in [5.41, 5.74) is 1.11. The Balaban J connectivity index is 1.76. The zero-order valence-corrected chi connectivity index (χ0v) is 18.6. The van der Waals surface area contributed by atoms with Crippen LogP contribution in [0.2, 0.25) is 0 Å². The highest BCUT2D eigenvalue weighted by Gasteiger charge is 2.12. The molecule has 2 N–H and O–H groups in total. The molecule has 2 aromatic rings. The van der Waals surface area contributed by atoms with Crippen molar-refractivity contribution in [2.75, 3.05) is 45.6 Å². The molecule has 0 radical (unpaired) electrons. The number of thioether (sulfide) groups is 1. The second kappa shape index (κ2) is 12.7. The van der Waals surface area contributed by atoms with Gasteiger partial charge in [0.1, 0.15) is 19.0 Å². The number of aliphatic hydroxyl groups is 1. The van der Waals surface area contributed by atoms with Gasteiger partial charge in [-0.15, -0.1) is 10.2 Å². The van der Waals surface area contributed by atoms with Crippen molar-refractivity contribution in [1.29, 1.82) is 0 Å². The lowest BCUT2D eigenvalue weighted by Gasteiger charge is -2.22. The summed E-state index contributed by atoms with van der Waals surface area (Å²) in [7, 11) is 3.57. The molecule has 1 unspecified atom stereocenters. The Bertz CT molecular complexity index is 724. The number of nitrogens with one attached hydrogen (secondary N) is 1. The zero-order chi connectivity index (χ0) is 21.1. The first-order valence-corrected chi connectivity index (χ1v) is 10.9. The van der Waals surface area contributed by atoms with Gasteiger partial charge >= 0.3 is 0 Å². The van der Waals surface area contributed by atoms with Gasteiger partial charge in [0.15, 0.2) is 16.7 Å². The highest BCUT2D eigenvalue weighted by Crippen LogP contribution is 2.28. The van der Waals surface area contributed by atoms with E-state index in [0.717, 1.165) is 42.7 Å². The first-order chi connectivity index (χ1) is 14.1. The van der Waals surface area contributed by atoms with E-state index in [1.54, 1.807) is 25.2 Å². The average molecular weight is 424 g/mol. The monoisotopic (exact) mass is 423 g/mol. The molecule has 0 spiro atoms. The molecule has 1 atom stereocenters. The summed E-state index contributed by atoms with van der Waals surface area (Å²) in [6.45, 7) is 8.43. The molecule has 0 amide bonds. The van der Waals surface area contributed by atoms with Gasteiger partial charge in [-0.3, -0.25) is 0 Å². The minimum absolute atomic E-state index is 0.240. The highest BCUT2D eigenvalue weighted by atomic mass is 32.2. The SMILES string of the molecule is CCN(CC)CC(O)COc1ccc(CNCCSc2nncn2C)cc1OC. The number of benzene rings is 1. The van der Waals surface area contributed by atoms with Crippen molar-refractivity contribution in [3.8, 4) is 11.5 Å². The van der Waals surface area contributed by atoms with Crippen LogP contribution >= 0.6 is 11.8 Å². The number of ether oxygens (including phenoxy) is 2. The summed E-state index contributed by atoms with van der Waals surface area (Å²) >= 11 is 1.67. The van der Waals surface area contributed by atoms with Gasteiger partial charge in [-0.2, -0.15) is 0 Å². The Morgan fingerprint density at radius 2 is 2.07 bits per heavy atom. The number of methoxy groups -OCH3 is 1. The van der Waals surface area contributed by atoms with Crippen LogP contribution in [0.1, 0.15) is 19.4 Å². The summed E-state index contributed by atoms with van der Waals surface area (Å²) in [6.07, 6.45) is 1.17. The second-order valence-corrected chi connectivity index (χ2v) is 7.75. The third-order valence-electron chi connectivity index (χ3n) is 4.53. The lowest BCUT2D eigenvalue weighted by Crippen LogP contribution is -2.35. The Morgan fingerprint density at radius 1 is 1.28 bits per heavy atom. The van der Waals surface area contributed by atoms with Gasteiger partial charge in [-0.1, -0.05) is 31.7 Å². The van der Waals surface area contributed by atoms with Crippen LogP contribution in [-0.4, -0.2) is 76.5 Å². The van der Waals surface area contributed by atoms with Crippen LogP contribution in [0.5, 0.6) is 11.5 Å². The van der Waals surface area contributed by atoms with Crippen LogP contribution in [0.3, 0.4) is 0 Å². The van der Waals surface area contributed by atoms with Crippen LogP contribution in [0.15, 0.2) is 29.7 Å². The molecule has 0 aliphatic heterocycles. The van der Waals surface area contributed by atoms with Crippen molar-refractivity contribution < 1.29 is 14.6 Å². The fourth-order valence-corrected chi connectivity index (χ4v) is 3.59. The smallest absolute Gasteiger partial charge is 0.190 e. The molecule has 0 aliphatic rings. The van der Waals surface area contributed by atoms with E-state index < -0.39 is 6.10 Å². The van der Waals surface area contributed by atoms with Gasteiger partial charge in [0.25, 0.3) is 0 Å². The number of nitrogens with zero attached hydrogens (tertiary/aromatic N) is 4. The first kappa shape index (κ1) is 23.5. The van der Waals surface area contributed by atoms with E-state index in [1.165, 1.54) is 0 Å². The van der Waals surface area contributed by atoms with E-state index in [9.17, 15) is 5.11 Å². The lowest BCUT2D eigenvalue weighted by molar-refractivity contribution is 0.0705. The molecule has 1 aromatic carbocycles. The normalized spacial score (nSPS) is 12.3. The van der Waals surface area contributed by atoms with E-state index in [-0.39, 0.29) is 6.61 Å². The van der Waals surface area contributed by atoms with E-state index in [0.29, 0.717) is 18.0 Å². The molecule has 0 aliphatic carbocycles. The van der Waals surface area contributed by atoms with Gasteiger partial charge in [-0.25, -0.2) is 0 Å². The maximum absolute atomic E-state index is 10.2. The summed E-state index contributed by atoms with van der Waals surface area (Å²) in [4.78, 5) is 2.17. The maximum atomic E-state index is 10.2. The van der Waals surface area contributed by atoms with E-state index in [2.05, 4.69) is 34.3 Å². The molecule has 29 heavy (non-hydrogen) atoms. The average Bonchev–Trinajstić information content (AvgIpc) is 3.15. The summed E-state index contributed by atoms with van der Waals surface area (Å²) in [5, 5.41) is 22.4. The Labute approximate surface area is 177 Å². The van der Waals surface area contributed by atoms with Crippen LogP contribution in [0.4, 0.5) is 0 Å². The predicted molar refractivity (Wildman–Crippen MR) is 116 cm³/mol.